The zero-order valence-corrected chi connectivity index (χ0v) is 13.6. The predicted molar refractivity (Wildman–Crippen MR) is 88.2 cm³/mol. The molecule has 0 aliphatic carbocycles. The van der Waals surface area contributed by atoms with Crippen LogP contribution < -0.4 is 5.32 Å². The Morgan fingerprint density at radius 3 is 2.48 bits per heavy atom. The van der Waals surface area contributed by atoms with E-state index in [2.05, 4.69) is 5.32 Å². The molecule has 1 aliphatic heterocycles. The second-order valence-electron chi connectivity index (χ2n) is 6.12. The molecule has 3 rings (SSSR count). The van der Waals surface area contributed by atoms with E-state index in [1.54, 1.807) is 0 Å². The molecule has 1 heterocycles. The lowest BCUT2D eigenvalue weighted by atomic mass is 9.82. The minimum atomic E-state index is -4.35. The van der Waals surface area contributed by atoms with Gasteiger partial charge < -0.3 is 10.1 Å². The third kappa shape index (κ3) is 3.78. The molecule has 0 saturated carbocycles. The molecular weight excluding hydrogens is 331 g/mol. The number of methoxy groups -OCH3 is 1. The van der Waals surface area contributed by atoms with Crippen LogP contribution in [0.25, 0.3) is 0 Å². The summed E-state index contributed by atoms with van der Waals surface area (Å²) >= 11 is 0. The van der Waals surface area contributed by atoms with E-state index in [4.69, 9.17) is 4.74 Å². The van der Waals surface area contributed by atoms with Gasteiger partial charge >= 0.3 is 12.1 Å². The molecule has 0 amide bonds. The Balaban J connectivity index is 1.87. The quantitative estimate of drug-likeness (QED) is 0.800. The molecule has 2 aromatic rings. The fourth-order valence-electron chi connectivity index (χ4n) is 3.24. The molecule has 3 nitrogen and oxygen atoms in total. The molecule has 0 spiro atoms. The van der Waals surface area contributed by atoms with Crippen molar-refractivity contribution in [2.24, 2.45) is 0 Å². The van der Waals surface area contributed by atoms with Crippen molar-refractivity contribution in [3.05, 3.63) is 65.2 Å². The van der Waals surface area contributed by atoms with Crippen molar-refractivity contribution in [1.82, 2.24) is 0 Å². The van der Waals surface area contributed by atoms with Gasteiger partial charge in [-0.25, -0.2) is 0 Å². The van der Waals surface area contributed by atoms with Crippen molar-refractivity contribution in [2.75, 3.05) is 12.4 Å². The molecule has 0 saturated heterocycles. The number of benzene rings is 2. The van der Waals surface area contributed by atoms with Crippen molar-refractivity contribution in [3.63, 3.8) is 0 Å². The molecule has 6 heteroatoms. The van der Waals surface area contributed by atoms with Gasteiger partial charge in [0.2, 0.25) is 0 Å². The Morgan fingerprint density at radius 2 is 1.84 bits per heavy atom. The van der Waals surface area contributed by atoms with Gasteiger partial charge in [-0.3, -0.25) is 4.79 Å². The van der Waals surface area contributed by atoms with Crippen molar-refractivity contribution < 1.29 is 22.7 Å². The van der Waals surface area contributed by atoms with Crippen LogP contribution in [0.4, 0.5) is 18.9 Å². The van der Waals surface area contributed by atoms with E-state index in [1.165, 1.54) is 19.2 Å². The number of rotatable bonds is 3. The zero-order valence-electron chi connectivity index (χ0n) is 13.6. The van der Waals surface area contributed by atoms with Crippen molar-refractivity contribution in [3.8, 4) is 0 Å². The van der Waals surface area contributed by atoms with Crippen molar-refractivity contribution in [2.45, 2.75) is 31.0 Å². The van der Waals surface area contributed by atoms with Crippen LogP contribution >= 0.6 is 0 Å². The summed E-state index contributed by atoms with van der Waals surface area (Å²) in [6.07, 6.45) is -3.50. The van der Waals surface area contributed by atoms with E-state index in [0.717, 1.165) is 28.9 Å². The second-order valence-corrected chi connectivity index (χ2v) is 6.12. The Bertz CT molecular complexity index is 756. The SMILES string of the molecule is COC(=O)CC1CC(c2ccc(C(F)(F)F)cc2)Nc2ccccc21. The summed E-state index contributed by atoms with van der Waals surface area (Å²) < 4.78 is 43.0. The number of carbonyl (C=O) groups is 1. The summed E-state index contributed by atoms with van der Waals surface area (Å²) in [5.41, 5.74) is 2.01. The average molecular weight is 349 g/mol. The Morgan fingerprint density at radius 1 is 1.16 bits per heavy atom. The number of nitrogens with one attached hydrogen (secondary N) is 1. The lowest BCUT2D eigenvalue weighted by Crippen LogP contribution is -2.23. The third-order valence-electron chi connectivity index (χ3n) is 4.53. The van der Waals surface area contributed by atoms with Crippen LogP contribution in [0.2, 0.25) is 0 Å². The fraction of sp³-hybridized carbons (Fsp3) is 0.316. The van der Waals surface area contributed by atoms with Crippen LogP contribution in [0, 0.1) is 0 Å². The molecular formula is C19H18F3NO2. The summed E-state index contributed by atoms with van der Waals surface area (Å²) in [4.78, 5) is 11.7. The van der Waals surface area contributed by atoms with Crippen LogP contribution in [-0.2, 0) is 15.7 Å². The molecule has 0 fully saturated rings. The molecule has 1 N–H and O–H groups in total. The number of alkyl halides is 3. The topological polar surface area (TPSA) is 38.3 Å². The predicted octanol–water partition coefficient (Wildman–Crippen LogP) is 4.91. The number of hydrogen-bond donors (Lipinski definition) is 1. The summed E-state index contributed by atoms with van der Waals surface area (Å²) in [6.45, 7) is 0. The molecule has 2 unspecified atom stereocenters. The van der Waals surface area contributed by atoms with Crippen LogP contribution in [0.5, 0.6) is 0 Å². The first-order chi connectivity index (χ1) is 11.9. The number of halogens is 3. The number of anilines is 1. The summed E-state index contributed by atoms with van der Waals surface area (Å²) in [7, 11) is 1.35. The largest absolute Gasteiger partial charge is 0.469 e. The Labute approximate surface area is 143 Å². The van der Waals surface area contributed by atoms with Gasteiger partial charge in [0.05, 0.1) is 25.1 Å². The Kier molecular flexibility index (Phi) is 4.70. The van der Waals surface area contributed by atoms with E-state index < -0.39 is 11.7 Å². The molecule has 0 aromatic heterocycles. The first-order valence-electron chi connectivity index (χ1n) is 7.98. The van der Waals surface area contributed by atoms with Crippen LogP contribution in [0.1, 0.15) is 41.5 Å². The highest BCUT2D eigenvalue weighted by Gasteiger charge is 2.32. The molecule has 0 bridgehead atoms. The highest BCUT2D eigenvalue weighted by atomic mass is 19.4. The highest BCUT2D eigenvalue weighted by Crippen LogP contribution is 2.42. The van der Waals surface area contributed by atoms with Crippen LogP contribution in [-0.4, -0.2) is 13.1 Å². The number of esters is 1. The Hall–Kier alpha value is -2.50. The van der Waals surface area contributed by atoms with Gasteiger partial charge in [0.25, 0.3) is 0 Å². The number of hydrogen-bond acceptors (Lipinski definition) is 3. The van der Waals surface area contributed by atoms with E-state index in [9.17, 15) is 18.0 Å². The van der Waals surface area contributed by atoms with Crippen molar-refractivity contribution in [1.29, 1.82) is 0 Å². The van der Waals surface area contributed by atoms with Crippen molar-refractivity contribution >= 4 is 11.7 Å². The number of ether oxygens (including phenoxy) is 1. The summed E-state index contributed by atoms with van der Waals surface area (Å²) in [6, 6.07) is 12.7. The molecule has 25 heavy (non-hydrogen) atoms. The van der Waals surface area contributed by atoms with E-state index in [1.807, 2.05) is 24.3 Å². The number of para-hydroxylation sites is 1. The maximum absolute atomic E-state index is 12.7. The van der Waals surface area contributed by atoms with Gasteiger partial charge in [0, 0.05) is 5.69 Å². The smallest absolute Gasteiger partial charge is 0.416 e. The maximum Gasteiger partial charge on any atom is 0.416 e. The molecule has 1 aliphatic rings. The molecule has 0 radical (unpaired) electrons. The number of carbonyl (C=O) groups excluding carboxylic acids is 1. The molecule has 2 aromatic carbocycles. The van der Waals surface area contributed by atoms with Gasteiger partial charge in [0.1, 0.15) is 0 Å². The van der Waals surface area contributed by atoms with Gasteiger partial charge in [-0.15, -0.1) is 0 Å². The highest BCUT2D eigenvalue weighted by molar-refractivity contribution is 5.71. The molecule has 132 valence electrons. The minimum absolute atomic E-state index is 0.0443. The maximum atomic E-state index is 12.7. The van der Waals surface area contributed by atoms with Gasteiger partial charge in [-0.05, 0) is 41.7 Å². The van der Waals surface area contributed by atoms with Crippen LogP contribution in [0.15, 0.2) is 48.5 Å². The van der Waals surface area contributed by atoms with Gasteiger partial charge in [-0.1, -0.05) is 30.3 Å². The standard InChI is InChI=1S/C19H18F3NO2/c1-25-18(24)11-13-10-17(23-16-5-3-2-4-15(13)16)12-6-8-14(9-7-12)19(20,21)22/h2-9,13,17,23H,10-11H2,1H3. The monoisotopic (exact) mass is 349 g/mol. The minimum Gasteiger partial charge on any atom is -0.469 e. The zero-order chi connectivity index (χ0) is 18.0. The summed E-state index contributed by atoms with van der Waals surface area (Å²) in [5, 5.41) is 3.36. The fourth-order valence-corrected chi connectivity index (χ4v) is 3.24. The van der Waals surface area contributed by atoms with Gasteiger partial charge in [0.15, 0.2) is 0 Å². The first-order valence-corrected chi connectivity index (χ1v) is 7.98. The van der Waals surface area contributed by atoms with Crippen LogP contribution in [0.3, 0.4) is 0 Å². The average Bonchev–Trinajstić information content (AvgIpc) is 2.61. The normalized spacial score (nSPS) is 19.7. The molecule has 2 atom stereocenters. The van der Waals surface area contributed by atoms with Gasteiger partial charge in [-0.2, -0.15) is 13.2 Å². The van der Waals surface area contributed by atoms with E-state index >= 15 is 0 Å². The lowest BCUT2D eigenvalue weighted by Gasteiger charge is -2.33. The lowest BCUT2D eigenvalue weighted by molar-refractivity contribution is -0.141. The first kappa shape index (κ1) is 17.3. The van der Waals surface area contributed by atoms with E-state index in [0.29, 0.717) is 6.42 Å². The number of fused-ring (bicyclic) bond motifs is 1. The van der Waals surface area contributed by atoms with E-state index in [-0.39, 0.29) is 24.3 Å². The summed E-state index contributed by atoms with van der Waals surface area (Å²) in [5.74, 6) is -0.343. The third-order valence-corrected chi connectivity index (χ3v) is 4.53. The second kappa shape index (κ2) is 6.78.